The zero-order chi connectivity index (χ0) is 16.7. The molecular formula is C20H14ClNOS. The van der Waals surface area contributed by atoms with Crippen molar-refractivity contribution in [3.05, 3.63) is 64.6 Å². The van der Waals surface area contributed by atoms with Gasteiger partial charge in [-0.15, -0.1) is 11.8 Å². The number of furan rings is 1. The first-order chi connectivity index (χ1) is 11.7. The number of hydrogen-bond donors (Lipinski definition) is 0. The lowest BCUT2D eigenvalue weighted by molar-refractivity contribution is 0.507. The molecule has 24 heavy (non-hydrogen) atoms. The second-order valence-electron chi connectivity index (χ2n) is 5.74. The smallest absolute Gasteiger partial charge is 0.111 e. The molecule has 3 aromatic rings. The van der Waals surface area contributed by atoms with E-state index >= 15 is 0 Å². The van der Waals surface area contributed by atoms with E-state index in [9.17, 15) is 5.26 Å². The maximum Gasteiger partial charge on any atom is 0.111 e. The second-order valence-corrected chi connectivity index (χ2v) is 7.00. The predicted molar refractivity (Wildman–Crippen MR) is 98.5 cm³/mol. The normalized spacial score (nSPS) is 12.4. The third kappa shape index (κ3) is 2.34. The van der Waals surface area contributed by atoms with Crippen LogP contribution < -0.4 is 0 Å². The summed E-state index contributed by atoms with van der Waals surface area (Å²) in [5.74, 6) is 0.977. The van der Waals surface area contributed by atoms with Gasteiger partial charge >= 0.3 is 0 Å². The maximum atomic E-state index is 9.87. The topological polar surface area (TPSA) is 36.9 Å². The van der Waals surface area contributed by atoms with Gasteiger partial charge < -0.3 is 4.42 Å². The van der Waals surface area contributed by atoms with Crippen LogP contribution in [0.2, 0.25) is 5.02 Å². The van der Waals surface area contributed by atoms with Crippen LogP contribution in [0.3, 0.4) is 0 Å². The molecule has 0 radical (unpaired) electrons. The highest BCUT2D eigenvalue weighted by molar-refractivity contribution is 7.98. The minimum atomic E-state index is 0.714. The third-order valence-electron chi connectivity index (χ3n) is 4.47. The molecule has 1 heterocycles. The van der Waals surface area contributed by atoms with Crippen molar-refractivity contribution in [3.8, 4) is 28.3 Å². The molecule has 0 atom stereocenters. The van der Waals surface area contributed by atoms with Crippen molar-refractivity contribution in [1.29, 1.82) is 5.26 Å². The van der Waals surface area contributed by atoms with E-state index in [0.717, 1.165) is 51.3 Å². The van der Waals surface area contributed by atoms with Crippen molar-refractivity contribution in [3.63, 3.8) is 0 Å². The van der Waals surface area contributed by atoms with Gasteiger partial charge in [-0.25, -0.2) is 0 Å². The van der Waals surface area contributed by atoms with Gasteiger partial charge in [-0.2, -0.15) is 5.26 Å². The number of aryl methyl sites for hydroxylation is 2. The van der Waals surface area contributed by atoms with Crippen LogP contribution in [-0.4, -0.2) is 6.26 Å². The van der Waals surface area contributed by atoms with Crippen molar-refractivity contribution < 1.29 is 4.42 Å². The summed E-state index contributed by atoms with van der Waals surface area (Å²) in [6, 6.07) is 14.4. The molecule has 4 rings (SSSR count). The maximum absolute atomic E-state index is 9.87. The second kappa shape index (κ2) is 6.05. The standard InChI is InChI=1S/C20H14ClNOS/c1-24-20-16(12-2-5-14(21)6-3-12)10-13-4-7-18-15(8-9-23-18)19(13)17(20)11-22/h2-3,5-6,8-10H,4,7H2,1H3. The van der Waals surface area contributed by atoms with Crippen molar-refractivity contribution in [2.45, 2.75) is 17.7 Å². The molecule has 0 amide bonds. The lowest BCUT2D eigenvalue weighted by atomic mass is 9.84. The van der Waals surface area contributed by atoms with E-state index in [1.807, 2.05) is 36.6 Å². The summed E-state index contributed by atoms with van der Waals surface area (Å²) in [5, 5.41) is 10.6. The van der Waals surface area contributed by atoms with Crippen LogP contribution in [0.25, 0.3) is 22.3 Å². The Hall–Kier alpha value is -2.15. The van der Waals surface area contributed by atoms with Gasteiger partial charge in [-0.1, -0.05) is 23.7 Å². The molecule has 0 aliphatic heterocycles. The molecule has 1 aromatic heterocycles. The fourth-order valence-corrected chi connectivity index (χ4v) is 4.27. The molecule has 1 aliphatic rings. The van der Waals surface area contributed by atoms with Crippen LogP contribution in [0.1, 0.15) is 16.9 Å². The van der Waals surface area contributed by atoms with Gasteiger partial charge in [0.1, 0.15) is 11.8 Å². The molecule has 1 aliphatic carbocycles. The first-order valence-electron chi connectivity index (χ1n) is 7.69. The van der Waals surface area contributed by atoms with Gasteiger partial charge in [-0.3, -0.25) is 0 Å². The Morgan fingerprint density at radius 2 is 1.92 bits per heavy atom. The highest BCUT2D eigenvalue weighted by atomic mass is 35.5. The molecule has 0 spiro atoms. The number of hydrogen-bond acceptors (Lipinski definition) is 3. The highest BCUT2D eigenvalue weighted by Crippen LogP contribution is 2.44. The van der Waals surface area contributed by atoms with Crippen molar-refractivity contribution in [1.82, 2.24) is 0 Å². The predicted octanol–water partition coefficient (Wildman–Crippen LogP) is 5.96. The Balaban J connectivity index is 2.02. The fraction of sp³-hybridized carbons (Fsp3) is 0.150. The number of nitrogens with zero attached hydrogens (tertiary/aromatic N) is 1. The Labute approximate surface area is 150 Å². The lowest BCUT2D eigenvalue weighted by Gasteiger charge is -2.21. The van der Waals surface area contributed by atoms with Crippen molar-refractivity contribution >= 4 is 23.4 Å². The third-order valence-corrected chi connectivity index (χ3v) is 5.55. The van der Waals surface area contributed by atoms with E-state index in [1.165, 1.54) is 5.56 Å². The van der Waals surface area contributed by atoms with E-state index in [1.54, 1.807) is 18.0 Å². The summed E-state index contributed by atoms with van der Waals surface area (Å²) >= 11 is 7.63. The summed E-state index contributed by atoms with van der Waals surface area (Å²) in [7, 11) is 0. The monoisotopic (exact) mass is 351 g/mol. The molecule has 0 unspecified atom stereocenters. The van der Waals surface area contributed by atoms with Crippen LogP contribution in [-0.2, 0) is 12.8 Å². The van der Waals surface area contributed by atoms with Crippen molar-refractivity contribution in [2.24, 2.45) is 0 Å². The molecule has 118 valence electrons. The largest absolute Gasteiger partial charge is 0.469 e. The quantitative estimate of drug-likeness (QED) is 0.534. The SMILES string of the molecule is CSc1c(-c2ccc(Cl)cc2)cc2c(c1C#N)-c1ccoc1CC2. The number of fused-ring (bicyclic) bond motifs is 3. The molecular weight excluding hydrogens is 338 g/mol. The highest BCUT2D eigenvalue weighted by Gasteiger charge is 2.26. The van der Waals surface area contributed by atoms with Crippen LogP contribution in [0.4, 0.5) is 0 Å². The van der Waals surface area contributed by atoms with Crippen LogP contribution >= 0.6 is 23.4 Å². The molecule has 0 fully saturated rings. The average molecular weight is 352 g/mol. The van der Waals surface area contributed by atoms with E-state index < -0.39 is 0 Å². The van der Waals surface area contributed by atoms with Gasteiger partial charge in [0, 0.05) is 27.5 Å². The Kier molecular flexibility index (Phi) is 3.88. The van der Waals surface area contributed by atoms with Gasteiger partial charge in [-0.05, 0) is 53.6 Å². The minimum absolute atomic E-state index is 0.714. The molecule has 0 saturated heterocycles. The Bertz CT molecular complexity index is 967. The van der Waals surface area contributed by atoms with Gasteiger partial charge in [0.25, 0.3) is 0 Å². The average Bonchev–Trinajstić information content (AvgIpc) is 3.09. The number of rotatable bonds is 2. The minimum Gasteiger partial charge on any atom is -0.469 e. The van der Waals surface area contributed by atoms with E-state index in [2.05, 4.69) is 12.1 Å². The molecule has 4 heteroatoms. The lowest BCUT2D eigenvalue weighted by Crippen LogP contribution is -2.06. The fourth-order valence-electron chi connectivity index (χ4n) is 3.39. The van der Waals surface area contributed by atoms with E-state index in [4.69, 9.17) is 16.0 Å². The summed E-state index contributed by atoms with van der Waals surface area (Å²) < 4.78 is 5.58. The van der Waals surface area contributed by atoms with Gasteiger partial charge in [0.05, 0.1) is 11.8 Å². The molecule has 2 aromatic carbocycles. The zero-order valence-electron chi connectivity index (χ0n) is 13.1. The summed E-state index contributed by atoms with van der Waals surface area (Å²) in [6.45, 7) is 0. The van der Waals surface area contributed by atoms with Crippen molar-refractivity contribution in [2.75, 3.05) is 6.26 Å². The Morgan fingerprint density at radius 1 is 1.12 bits per heavy atom. The van der Waals surface area contributed by atoms with Gasteiger partial charge in [0.15, 0.2) is 0 Å². The van der Waals surface area contributed by atoms with E-state index in [-0.39, 0.29) is 0 Å². The molecule has 0 bridgehead atoms. The molecule has 0 N–H and O–H groups in total. The summed E-state index contributed by atoms with van der Waals surface area (Å²) in [4.78, 5) is 1.01. The molecule has 0 saturated carbocycles. The van der Waals surface area contributed by atoms with Crippen LogP contribution in [0.5, 0.6) is 0 Å². The number of nitriles is 1. The zero-order valence-corrected chi connectivity index (χ0v) is 14.7. The number of benzene rings is 2. The molecule has 2 nitrogen and oxygen atoms in total. The van der Waals surface area contributed by atoms with Crippen LogP contribution in [0, 0.1) is 11.3 Å². The number of halogens is 1. The summed E-state index contributed by atoms with van der Waals surface area (Å²) in [5.41, 5.74) is 6.23. The van der Waals surface area contributed by atoms with Crippen LogP contribution in [0.15, 0.2) is 52.0 Å². The number of thioether (sulfide) groups is 1. The first kappa shape index (κ1) is 15.4. The Morgan fingerprint density at radius 3 is 2.62 bits per heavy atom. The first-order valence-corrected chi connectivity index (χ1v) is 9.30. The van der Waals surface area contributed by atoms with E-state index in [0.29, 0.717) is 5.02 Å². The van der Waals surface area contributed by atoms with Gasteiger partial charge in [0.2, 0.25) is 0 Å². The summed E-state index contributed by atoms with van der Waals surface area (Å²) in [6.07, 6.45) is 5.49.